The summed E-state index contributed by atoms with van der Waals surface area (Å²) in [7, 11) is 5.05. The number of fused-ring (bicyclic) bond motifs is 3. The van der Waals surface area contributed by atoms with Crippen LogP contribution in [0.2, 0.25) is 0 Å². The number of nitrogens with one attached hydrogen (secondary N) is 2. The number of allylic oxidation sites excluding steroid dienone is 1. The number of carbonyl (C=O) groups excluding carboxylic acids is 4. The number of nitrogens with two attached hydrogens (primary N) is 2. The predicted octanol–water partition coefficient (Wildman–Crippen LogP) is 0.703. The Morgan fingerprint density at radius 1 is 1.09 bits per heavy atom. The number of aliphatic hydroxyl groups excluding tert-OH is 2. The fraction of sp³-hybridized carbons (Fsp3) is 0.355. The van der Waals surface area contributed by atoms with Crippen LogP contribution in [-0.2, 0) is 16.0 Å². The molecule has 226 valence electrons. The van der Waals surface area contributed by atoms with Gasteiger partial charge in [-0.05, 0) is 74.8 Å². The monoisotopic (exact) mass is 589 g/mol. The van der Waals surface area contributed by atoms with E-state index in [1.54, 1.807) is 56.4 Å². The van der Waals surface area contributed by atoms with E-state index >= 15 is 0 Å². The van der Waals surface area contributed by atoms with Gasteiger partial charge in [0, 0.05) is 30.1 Å². The lowest BCUT2D eigenvalue weighted by molar-refractivity contribution is -0.129. The molecule has 0 bridgehead atoms. The number of phenolic OH excluding ortho intramolecular Hbond substituents is 1. The fourth-order valence-corrected chi connectivity index (χ4v) is 6.82. The molecule has 12 nitrogen and oxygen atoms in total. The first kappa shape index (κ1) is 30.0. The Hall–Kier alpha value is -4.52. The highest BCUT2D eigenvalue weighted by atomic mass is 16.3. The highest BCUT2D eigenvalue weighted by Gasteiger charge is 2.62. The number of carbonyl (C=O) groups is 4. The molecule has 0 aliphatic heterocycles. The minimum Gasteiger partial charge on any atom is -0.510 e. The van der Waals surface area contributed by atoms with Crippen molar-refractivity contribution in [3.8, 4) is 16.9 Å². The maximum absolute atomic E-state index is 14.0. The average molecular weight is 590 g/mol. The van der Waals surface area contributed by atoms with Gasteiger partial charge in [-0.25, -0.2) is 0 Å². The van der Waals surface area contributed by atoms with Crippen LogP contribution in [0, 0.1) is 11.8 Å². The second-order valence-electron chi connectivity index (χ2n) is 11.5. The number of Topliss-reactive ketones (excluding diaryl/α,β-unsaturated/α-hetero) is 2. The minimum atomic E-state index is -2.20. The van der Waals surface area contributed by atoms with Crippen LogP contribution in [0.1, 0.15) is 32.7 Å². The van der Waals surface area contributed by atoms with Crippen molar-refractivity contribution < 1.29 is 34.5 Å². The maximum Gasteiger partial charge on any atom is 0.255 e. The summed E-state index contributed by atoms with van der Waals surface area (Å²) >= 11 is 0. The van der Waals surface area contributed by atoms with E-state index < -0.39 is 58.0 Å². The summed E-state index contributed by atoms with van der Waals surface area (Å²) in [4.78, 5) is 54.1. The summed E-state index contributed by atoms with van der Waals surface area (Å²) in [6.45, 7) is 1.04. The third-order valence-corrected chi connectivity index (χ3v) is 8.81. The van der Waals surface area contributed by atoms with Crippen molar-refractivity contribution >= 4 is 23.4 Å². The first-order valence-corrected chi connectivity index (χ1v) is 13.9. The largest absolute Gasteiger partial charge is 0.510 e. The molecule has 0 saturated carbocycles. The number of hydrogen-bond donors (Lipinski definition) is 7. The summed E-state index contributed by atoms with van der Waals surface area (Å²) in [5, 5.41) is 39.2. The molecule has 0 fully saturated rings. The molecule has 2 aromatic rings. The Kier molecular flexibility index (Phi) is 7.63. The van der Waals surface area contributed by atoms with Crippen molar-refractivity contribution in [3.05, 3.63) is 75.8 Å². The van der Waals surface area contributed by atoms with Crippen molar-refractivity contribution in [2.45, 2.75) is 24.4 Å². The van der Waals surface area contributed by atoms with Gasteiger partial charge >= 0.3 is 0 Å². The first-order chi connectivity index (χ1) is 20.3. The smallest absolute Gasteiger partial charge is 0.255 e. The number of rotatable bonds is 7. The molecule has 0 spiro atoms. The lowest BCUT2D eigenvalue weighted by Crippen LogP contribution is -2.68. The van der Waals surface area contributed by atoms with Gasteiger partial charge in [0.25, 0.3) is 11.8 Å². The number of primary amides is 1. The van der Waals surface area contributed by atoms with Crippen molar-refractivity contribution in [2.75, 3.05) is 34.2 Å². The Morgan fingerprint density at radius 2 is 1.81 bits per heavy atom. The number of likely N-dealkylation sites (N-methyl/N-ethyl adjacent to an activating group) is 2. The summed E-state index contributed by atoms with van der Waals surface area (Å²) in [5.74, 6) is -6.30. The normalized spacial score (nSPS) is 24.9. The molecule has 3 aliphatic rings. The average Bonchev–Trinajstić information content (AvgIpc) is 2.95. The Balaban J connectivity index is 1.63. The molecule has 0 aromatic heterocycles. The molecule has 3 aliphatic carbocycles. The Labute approximate surface area is 248 Å². The van der Waals surface area contributed by atoms with E-state index in [0.717, 1.165) is 0 Å². The zero-order chi connectivity index (χ0) is 31.4. The second kappa shape index (κ2) is 11.0. The zero-order valence-electron chi connectivity index (χ0n) is 24.1. The molecule has 9 N–H and O–H groups in total. The molecular formula is C31H35N5O7. The van der Waals surface area contributed by atoms with Crippen LogP contribution in [0.4, 0.5) is 0 Å². The lowest BCUT2D eigenvalue weighted by Gasteiger charge is -2.51. The van der Waals surface area contributed by atoms with E-state index in [0.29, 0.717) is 35.3 Å². The molecular weight excluding hydrogens is 554 g/mol. The SMILES string of the molecule is CNCCNC(=O)c1cccc(-c2ccc(O)c3c2C[C@H]2C[C@H]4[C@H](N(C)C)C(O)=C(C(N)=O)C(=O)[C@@]4(N)C(O)=C2C3=O)c1. The summed E-state index contributed by atoms with van der Waals surface area (Å²) < 4.78 is 0. The van der Waals surface area contributed by atoms with Gasteiger partial charge in [0.2, 0.25) is 0 Å². The van der Waals surface area contributed by atoms with Crippen LogP contribution in [0.3, 0.4) is 0 Å². The number of nitrogens with zero attached hydrogens (tertiary/aromatic N) is 1. The minimum absolute atomic E-state index is 0.0397. The maximum atomic E-state index is 14.0. The third-order valence-electron chi connectivity index (χ3n) is 8.81. The van der Waals surface area contributed by atoms with Crippen LogP contribution in [0.15, 0.2) is 59.1 Å². The molecule has 0 radical (unpaired) electrons. The summed E-state index contributed by atoms with van der Waals surface area (Å²) in [5.41, 5.74) is 11.2. The molecule has 2 amide bonds. The summed E-state index contributed by atoms with van der Waals surface area (Å²) in [6, 6.07) is 9.00. The number of hydrogen-bond acceptors (Lipinski definition) is 10. The van der Waals surface area contributed by atoms with Crippen LogP contribution >= 0.6 is 0 Å². The fourth-order valence-electron chi connectivity index (χ4n) is 6.82. The lowest BCUT2D eigenvalue weighted by atomic mass is 9.57. The standard InChI is InChI=1S/C31H35N5O7/c1-34-9-10-35-30(43)15-6-4-5-14(11-15)17-7-8-20(37)22-18(17)12-16-13-19-24(36(2)3)26(39)23(29(32)42)28(41)31(19,33)27(40)21(16)25(22)38/h4-8,11,16,19,24,34,37,39-40H,9-10,12-13,33H2,1-3H3,(H2,32,42)(H,35,43)/t16-,19-,24-,31-/m0/s1. The molecule has 5 rings (SSSR count). The molecule has 0 unspecified atom stereocenters. The van der Waals surface area contributed by atoms with Gasteiger partial charge in [-0.15, -0.1) is 0 Å². The number of aromatic hydroxyl groups is 1. The van der Waals surface area contributed by atoms with Crippen molar-refractivity contribution in [3.63, 3.8) is 0 Å². The van der Waals surface area contributed by atoms with E-state index in [1.165, 1.54) is 6.07 Å². The Bertz CT molecular complexity index is 1630. The predicted molar refractivity (Wildman–Crippen MR) is 157 cm³/mol. The topological polar surface area (TPSA) is 208 Å². The number of aliphatic hydroxyl groups is 2. The van der Waals surface area contributed by atoms with E-state index in [9.17, 15) is 34.5 Å². The van der Waals surface area contributed by atoms with Gasteiger partial charge in [0.05, 0.1) is 11.6 Å². The van der Waals surface area contributed by atoms with Crippen LogP contribution in [-0.4, -0.2) is 89.4 Å². The number of phenols is 1. The van der Waals surface area contributed by atoms with E-state index in [1.807, 2.05) is 0 Å². The molecule has 2 aromatic carbocycles. The van der Waals surface area contributed by atoms with Crippen LogP contribution < -0.4 is 22.1 Å². The zero-order valence-corrected chi connectivity index (χ0v) is 24.1. The van der Waals surface area contributed by atoms with Crippen molar-refractivity contribution in [2.24, 2.45) is 23.3 Å². The molecule has 43 heavy (non-hydrogen) atoms. The second-order valence-corrected chi connectivity index (χ2v) is 11.5. The Morgan fingerprint density at radius 3 is 2.47 bits per heavy atom. The van der Waals surface area contributed by atoms with Crippen LogP contribution in [0.5, 0.6) is 5.75 Å². The van der Waals surface area contributed by atoms with Crippen LogP contribution in [0.25, 0.3) is 11.1 Å². The van der Waals surface area contributed by atoms with Gasteiger partial charge < -0.3 is 37.4 Å². The van der Waals surface area contributed by atoms with Crippen molar-refractivity contribution in [1.29, 1.82) is 0 Å². The van der Waals surface area contributed by atoms with Gasteiger partial charge in [0.1, 0.15) is 28.4 Å². The number of ketones is 2. The van der Waals surface area contributed by atoms with E-state index in [-0.39, 0.29) is 35.6 Å². The highest BCUT2D eigenvalue weighted by molar-refractivity contribution is 6.25. The third kappa shape index (κ3) is 4.58. The first-order valence-electron chi connectivity index (χ1n) is 13.9. The van der Waals surface area contributed by atoms with E-state index in [4.69, 9.17) is 11.5 Å². The van der Waals surface area contributed by atoms with Gasteiger partial charge in [-0.1, -0.05) is 18.2 Å². The van der Waals surface area contributed by atoms with Crippen molar-refractivity contribution in [1.82, 2.24) is 15.5 Å². The molecule has 12 heteroatoms. The summed E-state index contributed by atoms with van der Waals surface area (Å²) in [6.07, 6.45) is 0.297. The highest BCUT2D eigenvalue weighted by Crippen LogP contribution is 2.52. The number of amides is 2. The molecule has 0 heterocycles. The number of benzene rings is 2. The molecule has 4 atom stereocenters. The van der Waals surface area contributed by atoms with Gasteiger partial charge in [-0.3, -0.25) is 24.1 Å². The molecule has 0 saturated heterocycles. The van der Waals surface area contributed by atoms with E-state index in [2.05, 4.69) is 10.6 Å². The quantitative estimate of drug-likeness (QED) is 0.178. The van der Waals surface area contributed by atoms with Gasteiger partial charge in [-0.2, -0.15) is 0 Å². The van der Waals surface area contributed by atoms with Gasteiger partial charge in [0.15, 0.2) is 11.6 Å².